The Hall–Kier alpha value is -2.39. The van der Waals surface area contributed by atoms with Crippen molar-refractivity contribution in [3.8, 4) is 6.07 Å². The first-order valence-electron chi connectivity index (χ1n) is 8.31. The van der Waals surface area contributed by atoms with Gasteiger partial charge in [0.05, 0.1) is 12.6 Å². The van der Waals surface area contributed by atoms with Crippen molar-refractivity contribution in [2.75, 3.05) is 25.0 Å². The molecule has 0 aliphatic carbocycles. The minimum atomic E-state index is -0.637. The first-order chi connectivity index (χ1) is 11.5. The summed E-state index contributed by atoms with van der Waals surface area (Å²) in [6, 6.07) is 9.62. The van der Waals surface area contributed by atoms with Crippen molar-refractivity contribution in [3.63, 3.8) is 0 Å². The normalized spacial score (nSPS) is 15.8. The largest absolute Gasteiger partial charge is 0.345 e. The average molecular weight is 328 g/mol. The molecular weight excluding hydrogens is 304 g/mol. The number of piperidine rings is 1. The van der Waals surface area contributed by atoms with Gasteiger partial charge in [-0.25, -0.2) is 0 Å². The number of para-hydroxylation sites is 1. The molecule has 6 nitrogen and oxygen atoms in total. The molecule has 0 atom stereocenters. The second kappa shape index (κ2) is 8.46. The number of rotatable bonds is 4. The molecule has 1 fully saturated rings. The fourth-order valence-electron chi connectivity index (χ4n) is 2.88. The lowest BCUT2D eigenvalue weighted by Crippen LogP contribution is -2.47. The van der Waals surface area contributed by atoms with Crippen molar-refractivity contribution in [1.82, 2.24) is 10.2 Å². The van der Waals surface area contributed by atoms with Gasteiger partial charge >= 0.3 is 11.8 Å². The van der Waals surface area contributed by atoms with Crippen molar-refractivity contribution >= 4 is 17.5 Å². The minimum absolute atomic E-state index is 0.0152. The number of hydrogen-bond acceptors (Lipinski definition) is 4. The number of amides is 2. The van der Waals surface area contributed by atoms with E-state index in [1.807, 2.05) is 36.9 Å². The van der Waals surface area contributed by atoms with Gasteiger partial charge in [-0.2, -0.15) is 5.26 Å². The van der Waals surface area contributed by atoms with E-state index in [1.165, 1.54) is 0 Å². The topological polar surface area (TPSA) is 85.2 Å². The zero-order chi connectivity index (χ0) is 17.5. The quantitative estimate of drug-likeness (QED) is 0.652. The van der Waals surface area contributed by atoms with Crippen molar-refractivity contribution in [2.45, 2.75) is 38.6 Å². The Bertz CT molecular complexity index is 628. The summed E-state index contributed by atoms with van der Waals surface area (Å²) in [6.45, 7) is 6.01. The first-order valence-corrected chi connectivity index (χ1v) is 8.31. The molecule has 1 saturated heterocycles. The van der Waals surface area contributed by atoms with Crippen LogP contribution in [0.2, 0.25) is 0 Å². The van der Waals surface area contributed by atoms with Crippen LogP contribution in [0.4, 0.5) is 5.69 Å². The summed E-state index contributed by atoms with van der Waals surface area (Å²) in [5, 5.41) is 14.2. The van der Waals surface area contributed by atoms with Gasteiger partial charge in [-0.05, 0) is 30.4 Å². The summed E-state index contributed by atoms with van der Waals surface area (Å²) in [5.74, 6) is -0.983. The van der Waals surface area contributed by atoms with Gasteiger partial charge in [0.25, 0.3) is 0 Å². The van der Waals surface area contributed by atoms with Crippen molar-refractivity contribution in [3.05, 3.63) is 29.8 Å². The predicted octanol–water partition coefficient (Wildman–Crippen LogP) is 1.85. The molecule has 1 aliphatic rings. The van der Waals surface area contributed by atoms with E-state index in [9.17, 15) is 9.59 Å². The van der Waals surface area contributed by atoms with Gasteiger partial charge in [0.1, 0.15) is 0 Å². The number of anilines is 1. The van der Waals surface area contributed by atoms with Gasteiger partial charge in [-0.3, -0.25) is 14.5 Å². The van der Waals surface area contributed by atoms with E-state index >= 15 is 0 Å². The van der Waals surface area contributed by atoms with Gasteiger partial charge < -0.3 is 10.6 Å². The minimum Gasteiger partial charge on any atom is -0.345 e. The predicted molar refractivity (Wildman–Crippen MR) is 92.4 cm³/mol. The molecule has 24 heavy (non-hydrogen) atoms. The lowest BCUT2D eigenvalue weighted by molar-refractivity contribution is -0.136. The standard InChI is InChI=1S/C18H24N4O2/c1-13(2)15-5-3-4-6-16(15)21-18(24)17(23)20-14-7-10-22(11-8-14)12-9-19/h3-6,13-14H,7-8,10-12H2,1-2H3,(H,20,23)(H,21,24). The molecule has 0 saturated carbocycles. The Morgan fingerprint density at radius 1 is 1.25 bits per heavy atom. The zero-order valence-electron chi connectivity index (χ0n) is 14.2. The number of benzene rings is 1. The summed E-state index contributed by atoms with van der Waals surface area (Å²) in [7, 11) is 0. The lowest BCUT2D eigenvalue weighted by atomic mass is 10.0. The summed E-state index contributed by atoms with van der Waals surface area (Å²) in [6.07, 6.45) is 1.51. The monoisotopic (exact) mass is 328 g/mol. The fraction of sp³-hybridized carbons (Fsp3) is 0.500. The highest BCUT2D eigenvalue weighted by Crippen LogP contribution is 2.23. The number of hydrogen-bond donors (Lipinski definition) is 2. The molecule has 6 heteroatoms. The van der Waals surface area contributed by atoms with Gasteiger partial charge in [0.2, 0.25) is 0 Å². The summed E-state index contributed by atoms with van der Waals surface area (Å²) in [4.78, 5) is 26.3. The highest BCUT2D eigenvalue weighted by atomic mass is 16.2. The third-order valence-corrected chi connectivity index (χ3v) is 4.25. The molecule has 0 unspecified atom stereocenters. The zero-order valence-corrected chi connectivity index (χ0v) is 14.2. The second-order valence-corrected chi connectivity index (χ2v) is 6.38. The van der Waals surface area contributed by atoms with E-state index in [2.05, 4.69) is 16.7 Å². The third kappa shape index (κ3) is 4.80. The molecular formula is C18H24N4O2. The van der Waals surface area contributed by atoms with Crippen LogP contribution in [0.15, 0.2) is 24.3 Å². The van der Waals surface area contributed by atoms with Crippen LogP contribution in [-0.2, 0) is 9.59 Å². The molecule has 1 heterocycles. The molecule has 128 valence electrons. The summed E-state index contributed by atoms with van der Waals surface area (Å²) >= 11 is 0. The van der Waals surface area contributed by atoms with Crippen LogP contribution >= 0.6 is 0 Å². The lowest BCUT2D eigenvalue weighted by Gasteiger charge is -2.30. The van der Waals surface area contributed by atoms with Crippen molar-refractivity contribution in [2.24, 2.45) is 0 Å². The molecule has 2 amide bonds. The SMILES string of the molecule is CC(C)c1ccccc1NC(=O)C(=O)NC1CCN(CC#N)CC1. The molecule has 2 N–H and O–H groups in total. The van der Waals surface area contributed by atoms with Gasteiger partial charge in [0, 0.05) is 24.8 Å². The van der Waals surface area contributed by atoms with E-state index in [0.29, 0.717) is 12.2 Å². The molecule has 0 radical (unpaired) electrons. The van der Waals surface area contributed by atoms with Crippen LogP contribution in [0.5, 0.6) is 0 Å². The number of nitriles is 1. The first kappa shape index (κ1) is 18.0. The Morgan fingerprint density at radius 2 is 1.92 bits per heavy atom. The Kier molecular flexibility index (Phi) is 6.33. The van der Waals surface area contributed by atoms with E-state index in [-0.39, 0.29) is 12.0 Å². The molecule has 0 bridgehead atoms. The fourth-order valence-corrected chi connectivity index (χ4v) is 2.88. The second-order valence-electron chi connectivity index (χ2n) is 6.38. The Balaban J connectivity index is 1.88. The number of nitrogens with zero attached hydrogens (tertiary/aromatic N) is 2. The van der Waals surface area contributed by atoms with Crippen molar-refractivity contribution < 1.29 is 9.59 Å². The van der Waals surface area contributed by atoms with Gasteiger partial charge in [-0.15, -0.1) is 0 Å². The number of carbonyl (C=O) groups is 2. The summed E-state index contributed by atoms with van der Waals surface area (Å²) in [5.41, 5.74) is 1.68. The molecule has 1 aromatic rings. The van der Waals surface area contributed by atoms with Gasteiger partial charge in [-0.1, -0.05) is 32.0 Å². The number of carbonyl (C=O) groups excluding carboxylic acids is 2. The van der Waals surface area contributed by atoms with E-state index < -0.39 is 11.8 Å². The van der Waals surface area contributed by atoms with Crippen LogP contribution in [0.25, 0.3) is 0 Å². The molecule has 2 rings (SSSR count). The van der Waals surface area contributed by atoms with Crippen LogP contribution in [0, 0.1) is 11.3 Å². The number of nitrogens with one attached hydrogen (secondary N) is 2. The molecule has 0 spiro atoms. The van der Waals surface area contributed by atoms with Crippen LogP contribution in [0.3, 0.4) is 0 Å². The van der Waals surface area contributed by atoms with E-state index in [0.717, 1.165) is 31.5 Å². The summed E-state index contributed by atoms with van der Waals surface area (Å²) < 4.78 is 0. The maximum Gasteiger partial charge on any atom is 0.313 e. The molecule has 0 aromatic heterocycles. The third-order valence-electron chi connectivity index (χ3n) is 4.25. The Morgan fingerprint density at radius 3 is 2.54 bits per heavy atom. The molecule has 1 aliphatic heterocycles. The smallest absolute Gasteiger partial charge is 0.313 e. The highest BCUT2D eigenvalue weighted by Gasteiger charge is 2.23. The maximum atomic E-state index is 12.2. The molecule has 1 aromatic carbocycles. The van der Waals surface area contributed by atoms with Crippen LogP contribution in [0.1, 0.15) is 38.2 Å². The van der Waals surface area contributed by atoms with Crippen LogP contribution < -0.4 is 10.6 Å². The van der Waals surface area contributed by atoms with E-state index in [1.54, 1.807) is 6.07 Å². The average Bonchev–Trinajstić information content (AvgIpc) is 2.57. The highest BCUT2D eigenvalue weighted by molar-refractivity contribution is 6.39. The maximum absolute atomic E-state index is 12.2. The van der Waals surface area contributed by atoms with Gasteiger partial charge in [0.15, 0.2) is 0 Å². The van der Waals surface area contributed by atoms with E-state index in [4.69, 9.17) is 5.26 Å². The van der Waals surface area contributed by atoms with Crippen molar-refractivity contribution in [1.29, 1.82) is 5.26 Å². The Labute approximate surface area is 142 Å². The number of likely N-dealkylation sites (tertiary alicyclic amines) is 1. The van der Waals surface area contributed by atoms with Crippen LogP contribution in [-0.4, -0.2) is 42.4 Å².